The van der Waals surface area contributed by atoms with Crippen molar-refractivity contribution in [1.82, 2.24) is 0 Å². The molecule has 3 aromatic rings. The fourth-order valence-corrected chi connectivity index (χ4v) is 4.80. The fraction of sp³-hybridized carbons (Fsp3) is 0.448. The number of fused-ring (bicyclic) bond motifs is 3. The zero-order valence-corrected chi connectivity index (χ0v) is 22.2. The highest BCUT2D eigenvalue weighted by atomic mass is 32.1. The van der Waals surface area contributed by atoms with Crippen LogP contribution in [0.25, 0.3) is 20.2 Å². The molecule has 0 fully saturated rings. The lowest BCUT2D eigenvalue weighted by Gasteiger charge is -2.40. The maximum absolute atomic E-state index is 6.68. The van der Waals surface area contributed by atoms with Gasteiger partial charge >= 0.3 is 0 Å². The average Bonchev–Trinajstić information content (AvgIpc) is 2.95. The van der Waals surface area contributed by atoms with Gasteiger partial charge in [0.25, 0.3) is 0 Å². The van der Waals surface area contributed by atoms with Crippen molar-refractivity contribution in [2.75, 3.05) is 0 Å². The molecule has 1 aromatic heterocycles. The highest BCUT2D eigenvalue weighted by molar-refractivity contribution is 7.25. The van der Waals surface area contributed by atoms with E-state index in [1.165, 1.54) is 25.7 Å². The third kappa shape index (κ3) is 5.04. The van der Waals surface area contributed by atoms with Crippen LogP contribution in [0.1, 0.15) is 66.5 Å². The number of hydrogen-bond acceptors (Lipinski definition) is 3. The van der Waals surface area contributed by atoms with Crippen molar-refractivity contribution in [2.24, 2.45) is 5.41 Å². The van der Waals surface area contributed by atoms with E-state index in [0.29, 0.717) is 0 Å². The van der Waals surface area contributed by atoms with Crippen LogP contribution in [0.15, 0.2) is 48.6 Å². The molecule has 0 aliphatic carbocycles. The van der Waals surface area contributed by atoms with Crippen molar-refractivity contribution in [3.63, 3.8) is 0 Å². The van der Waals surface area contributed by atoms with Crippen LogP contribution in [0, 0.1) is 19.3 Å². The minimum absolute atomic E-state index is 0.172. The molecule has 0 spiro atoms. The predicted molar refractivity (Wildman–Crippen MR) is 142 cm³/mol. The molecule has 0 bridgehead atoms. The standard InChI is InChI=1S/C29H38O2S/c1-18(2)12-13-28(8,9)29(10,11)31-24-17-22-21-16-23(30-27(5,6)7)19(3)14-25(21)32-26(22)15-20(24)4/h12-17H,1H2,2-11H3/b13-12+. The molecule has 0 radical (unpaired) electrons. The number of allylic oxidation sites excluding steroid dienone is 2. The second-order valence-corrected chi connectivity index (χ2v) is 12.1. The van der Waals surface area contributed by atoms with Crippen LogP contribution in [0.5, 0.6) is 11.5 Å². The molecule has 0 N–H and O–H groups in total. The van der Waals surface area contributed by atoms with Crippen LogP contribution < -0.4 is 9.47 Å². The minimum atomic E-state index is -0.402. The highest BCUT2D eigenvalue weighted by Gasteiger charge is 2.37. The van der Waals surface area contributed by atoms with Crippen molar-refractivity contribution < 1.29 is 9.47 Å². The molecule has 0 aliphatic rings. The molecule has 0 atom stereocenters. The van der Waals surface area contributed by atoms with Gasteiger partial charge in [-0.3, -0.25) is 0 Å². The van der Waals surface area contributed by atoms with Crippen molar-refractivity contribution in [2.45, 2.75) is 80.4 Å². The first kappa shape index (κ1) is 24.4. The van der Waals surface area contributed by atoms with E-state index in [1.807, 2.05) is 18.3 Å². The molecule has 3 rings (SSSR count). The van der Waals surface area contributed by atoms with Crippen molar-refractivity contribution in [1.29, 1.82) is 0 Å². The quantitative estimate of drug-likeness (QED) is 0.348. The van der Waals surface area contributed by atoms with Gasteiger partial charge in [0.2, 0.25) is 0 Å². The maximum atomic E-state index is 6.68. The molecule has 0 aliphatic heterocycles. The molecule has 3 heteroatoms. The summed E-state index contributed by atoms with van der Waals surface area (Å²) in [5.41, 5.74) is 2.55. The summed E-state index contributed by atoms with van der Waals surface area (Å²) < 4.78 is 15.5. The predicted octanol–water partition coefficient (Wildman–Crippen LogP) is 9.16. The van der Waals surface area contributed by atoms with Crippen LogP contribution in [0.3, 0.4) is 0 Å². The fourth-order valence-electron chi connectivity index (χ4n) is 3.54. The Balaban J connectivity index is 2.09. The third-order valence-electron chi connectivity index (χ3n) is 6.18. The van der Waals surface area contributed by atoms with E-state index in [0.717, 1.165) is 22.6 Å². The Labute approximate surface area is 197 Å². The number of thiophene rings is 1. The molecule has 0 saturated carbocycles. The van der Waals surface area contributed by atoms with E-state index in [2.05, 4.69) is 105 Å². The van der Waals surface area contributed by atoms with Gasteiger partial charge in [-0.25, -0.2) is 0 Å². The van der Waals surface area contributed by atoms with Crippen LogP contribution in [0.4, 0.5) is 0 Å². The second-order valence-electron chi connectivity index (χ2n) is 11.1. The molecule has 2 aromatic carbocycles. The molecule has 0 unspecified atom stereocenters. The number of hydrogen-bond donors (Lipinski definition) is 0. The van der Waals surface area contributed by atoms with Crippen LogP contribution in [-0.4, -0.2) is 11.2 Å². The Morgan fingerprint density at radius 2 is 1.28 bits per heavy atom. The van der Waals surface area contributed by atoms with Crippen molar-refractivity contribution in [3.8, 4) is 11.5 Å². The van der Waals surface area contributed by atoms with Gasteiger partial charge in [0.05, 0.1) is 0 Å². The summed E-state index contributed by atoms with van der Waals surface area (Å²) in [6.45, 7) is 25.2. The molecule has 32 heavy (non-hydrogen) atoms. The number of rotatable bonds is 6. The van der Waals surface area contributed by atoms with E-state index < -0.39 is 5.60 Å². The lowest BCUT2D eigenvalue weighted by atomic mass is 9.76. The third-order valence-corrected chi connectivity index (χ3v) is 7.30. The first-order chi connectivity index (χ1) is 14.6. The number of aryl methyl sites for hydroxylation is 2. The van der Waals surface area contributed by atoms with Gasteiger partial charge in [-0.2, -0.15) is 0 Å². The average molecular weight is 451 g/mol. The van der Waals surface area contributed by atoms with E-state index >= 15 is 0 Å². The van der Waals surface area contributed by atoms with Crippen LogP contribution in [0.2, 0.25) is 0 Å². The highest BCUT2D eigenvalue weighted by Crippen LogP contribution is 2.43. The van der Waals surface area contributed by atoms with Gasteiger partial charge in [0.15, 0.2) is 0 Å². The zero-order chi connectivity index (χ0) is 24.1. The zero-order valence-electron chi connectivity index (χ0n) is 21.4. The molecule has 1 heterocycles. The van der Waals surface area contributed by atoms with E-state index in [9.17, 15) is 0 Å². The van der Waals surface area contributed by atoms with E-state index in [-0.39, 0.29) is 11.0 Å². The summed E-state index contributed by atoms with van der Waals surface area (Å²) >= 11 is 1.83. The lowest BCUT2D eigenvalue weighted by molar-refractivity contribution is 0.0177. The van der Waals surface area contributed by atoms with Crippen molar-refractivity contribution >= 4 is 31.5 Å². The summed E-state index contributed by atoms with van der Waals surface area (Å²) in [5, 5.41) is 2.44. The Hall–Kier alpha value is -2.26. The summed E-state index contributed by atoms with van der Waals surface area (Å²) in [6.07, 6.45) is 4.27. The molecule has 2 nitrogen and oxygen atoms in total. The Bertz CT molecular complexity index is 1200. The monoisotopic (exact) mass is 450 g/mol. The maximum Gasteiger partial charge on any atom is 0.123 e. The van der Waals surface area contributed by atoms with Gasteiger partial charge in [-0.15, -0.1) is 11.3 Å². The van der Waals surface area contributed by atoms with Gasteiger partial charge in [0.1, 0.15) is 22.7 Å². The van der Waals surface area contributed by atoms with E-state index in [4.69, 9.17) is 9.47 Å². The van der Waals surface area contributed by atoms with Gasteiger partial charge < -0.3 is 9.47 Å². The minimum Gasteiger partial charge on any atom is -0.488 e. The van der Waals surface area contributed by atoms with E-state index in [1.54, 1.807) is 0 Å². The molecule has 172 valence electrons. The topological polar surface area (TPSA) is 18.5 Å². The molecular formula is C29H38O2S. The summed E-state index contributed by atoms with van der Waals surface area (Å²) in [4.78, 5) is 0. The first-order valence-electron chi connectivity index (χ1n) is 11.3. The summed E-state index contributed by atoms with van der Waals surface area (Å²) in [7, 11) is 0. The Morgan fingerprint density at radius 3 is 1.72 bits per heavy atom. The second kappa shape index (κ2) is 8.26. The van der Waals surface area contributed by atoms with Crippen molar-refractivity contribution in [3.05, 3.63) is 59.7 Å². The Kier molecular flexibility index (Phi) is 6.30. The summed E-state index contributed by atoms with van der Waals surface area (Å²) in [5.74, 6) is 1.87. The lowest BCUT2D eigenvalue weighted by Crippen LogP contribution is -2.43. The normalized spacial score (nSPS) is 13.3. The van der Waals surface area contributed by atoms with Crippen LogP contribution in [-0.2, 0) is 0 Å². The van der Waals surface area contributed by atoms with Gasteiger partial charge in [0, 0.05) is 25.6 Å². The van der Waals surface area contributed by atoms with Gasteiger partial charge in [-0.05, 0) is 90.8 Å². The number of benzene rings is 2. The van der Waals surface area contributed by atoms with Crippen LogP contribution >= 0.6 is 11.3 Å². The molecule has 0 amide bonds. The first-order valence-corrected chi connectivity index (χ1v) is 12.1. The number of ether oxygens (including phenoxy) is 2. The van der Waals surface area contributed by atoms with Gasteiger partial charge in [-0.1, -0.05) is 38.2 Å². The molecular weight excluding hydrogens is 412 g/mol. The largest absolute Gasteiger partial charge is 0.488 e. The molecule has 0 saturated heterocycles. The SMILES string of the molecule is C=C(C)/C=C/C(C)(C)C(C)(C)Oc1cc2c(cc1C)sc1cc(C)c(OC(C)(C)C)cc12. The smallest absolute Gasteiger partial charge is 0.123 e. The Morgan fingerprint density at radius 1 is 0.812 bits per heavy atom. The summed E-state index contributed by atoms with van der Waals surface area (Å²) in [6, 6.07) is 8.90.